The van der Waals surface area contributed by atoms with Gasteiger partial charge in [0, 0.05) is 25.4 Å². The number of ketones is 1. The van der Waals surface area contributed by atoms with Crippen LogP contribution in [0.2, 0.25) is 0 Å². The quantitative estimate of drug-likeness (QED) is 0.542. The van der Waals surface area contributed by atoms with Crippen LogP contribution in [0.5, 0.6) is 0 Å². The predicted octanol–water partition coefficient (Wildman–Crippen LogP) is 2.80. The molecular formula is C11H8F3NO. The van der Waals surface area contributed by atoms with Gasteiger partial charge in [0.05, 0.1) is 11.2 Å². The van der Waals surface area contributed by atoms with Gasteiger partial charge < -0.3 is 4.57 Å². The zero-order valence-electron chi connectivity index (χ0n) is 8.64. The number of aryl methyl sites for hydroxylation is 1. The van der Waals surface area contributed by atoms with Crippen LogP contribution in [0.3, 0.4) is 0 Å². The van der Waals surface area contributed by atoms with Crippen LogP contribution in [0, 0.1) is 17.5 Å². The lowest BCUT2D eigenvalue weighted by molar-refractivity contribution is 0.101. The number of Topliss-reactive ketones (excluding diaryl/α,β-unsaturated/α-hetero) is 1. The van der Waals surface area contributed by atoms with Gasteiger partial charge in [-0.05, 0) is 6.07 Å². The molecule has 5 heteroatoms. The third-order valence-corrected chi connectivity index (χ3v) is 2.54. The van der Waals surface area contributed by atoms with E-state index >= 15 is 0 Å². The highest BCUT2D eigenvalue weighted by Crippen LogP contribution is 2.25. The minimum atomic E-state index is -1.52. The van der Waals surface area contributed by atoms with Crippen molar-refractivity contribution in [2.75, 3.05) is 0 Å². The molecule has 16 heavy (non-hydrogen) atoms. The van der Waals surface area contributed by atoms with Crippen LogP contribution in [-0.4, -0.2) is 10.4 Å². The van der Waals surface area contributed by atoms with Crippen molar-refractivity contribution in [2.45, 2.75) is 6.92 Å². The Labute approximate surface area is 89.3 Å². The Bertz CT molecular complexity index is 601. The van der Waals surface area contributed by atoms with Crippen molar-refractivity contribution in [1.29, 1.82) is 0 Å². The maximum absolute atomic E-state index is 13.4. The molecule has 0 aliphatic rings. The fraction of sp³-hybridized carbons (Fsp3) is 0.182. The lowest BCUT2D eigenvalue weighted by Crippen LogP contribution is -2.01. The van der Waals surface area contributed by atoms with Gasteiger partial charge in [-0.15, -0.1) is 0 Å². The normalized spacial score (nSPS) is 11.1. The molecule has 0 bridgehead atoms. The minimum absolute atomic E-state index is 0.0911. The predicted molar refractivity (Wildman–Crippen MR) is 52.8 cm³/mol. The van der Waals surface area contributed by atoms with Crippen LogP contribution < -0.4 is 0 Å². The molecular weight excluding hydrogens is 219 g/mol. The number of aromatic nitrogens is 1. The van der Waals surface area contributed by atoms with Gasteiger partial charge in [0.25, 0.3) is 0 Å². The van der Waals surface area contributed by atoms with E-state index in [0.29, 0.717) is 0 Å². The molecule has 0 spiro atoms. The number of carbonyl (C=O) groups excluding carboxylic acids is 1. The van der Waals surface area contributed by atoms with Gasteiger partial charge in [-0.25, -0.2) is 13.2 Å². The summed E-state index contributed by atoms with van der Waals surface area (Å²) in [6, 6.07) is 2.09. The number of benzene rings is 1. The SMILES string of the molecule is CC(=O)c1cc2c(F)c(F)c(F)cc2n1C. The maximum Gasteiger partial charge on any atom is 0.195 e. The monoisotopic (exact) mass is 227 g/mol. The van der Waals surface area contributed by atoms with Gasteiger partial charge in [-0.1, -0.05) is 0 Å². The minimum Gasteiger partial charge on any atom is -0.341 e. The largest absolute Gasteiger partial charge is 0.341 e. The standard InChI is InChI=1S/C11H8F3NO/c1-5(16)8-3-6-9(15(8)2)4-7(12)11(14)10(6)13/h3-4H,1-2H3. The van der Waals surface area contributed by atoms with E-state index in [1.807, 2.05) is 0 Å². The summed E-state index contributed by atoms with van der Waals surface area (Å²) in [7, 11) is 1.50. The van der Waals surface area contributed by atoms with E-state index < -0.39 is 17.5 Å². The maximum atomic E-state index is 13.4. The Morgan fingerprint density at radius 2 is 1.81 bits per heavy atom. The summed E-state index contributed by atoms with van der Waals surface area (Å²) < 4.78 is 40.7. The second kappa shape index (κ2) is 3.37. The topological polar surface area (TPSA) is 22.0 Å². The summed E-state index contributed by atoms with van der Waals surface area (Å²) in [5.74, 6) is -4.34. The van der Waals surface area contributed by atoms with Crippen molar-refractivity contribution in [3.63, 3.8) is 0 Å². The molecule has 1 heterocycles. The second-order valence-electron chi connectivity index (χ2n) is 3.56. The molecule has 1 aromatic carbocycles. The van der Waals surface area contributed by atoms with Crippen molar-refractivity contribution >= 4 is 16.7 Å². The van der Waals surface area contributed by atoms with Crippen LogP contribution >= 0.6 is 0 Å². The molecule has 0 atom stereocenters. The number of hydrogen-bond acceptors (Lipinski definition) is 1. The average molecular weight is 227 g/mol. The molecule has 0 aliphatic carbocycles. The lowest BCUT2D eigenvalue weighted by Gasteiger charge is -2.01. The van der Waals surface area contributed by atoms with E-state index in [9.17, 15) is 18.0 Å². The number of halogens is 3. The van der Waals surface area contributed by atoms with Crippen molar-refractivity contribution in [3.05, 3.63) is 35.3 Å². The fourth-order valence-corrected chi connectivity index (χ4v) is 1.71. The molecule has 0 amide bonds. The van der Waals surface area contributed by atoms with Gasteiger partial charge >= 0.3 is 0 Å². The van der Waals surface area contributed by atoms with E-state index in [1.165, 1.54) is 24.6 Å². The Morgan fingerprint density at radius 1 is 1.19 bits per heavy atom. The summed E-state index contributed by atoms with van der Waals surface area (Å²) in [5.41, 5.74) is 0.362. The molecule has 2 aromatic rings. The Hall–Kier alpha value is -1.78. The molecule has 1 aromatic heterocycles. The zero-order valence-corrected chi connectivity index (χ0v) is 8.64. The van der Waals surface area contributed by atoms with Crippen molar-refractivity contribution in [2.24, 2.45) is 7.05 Å². The summed E-state index contributed by atoms with van der Waals surface area (Å²) in [4.78, 5) is 11.2. The third-order valence-electron chi connectivity index (χ3n) is 2.54. The number of carbonyl (C=O) groups is 1. The van der Waals surface area contributed by atoms with Crippen molar-refractivity contribution < 1.29 is 18.0 Å². The van der Waals surface area contributed by atoms with Gasteiger partial charge in [0.15, 0.2) is 23.2 Å². The summed E-state index contributed by atoms with van der Waals surface area (Å²) in [5, 5.41) is -0.0911. The van der Waals surface area contributed by atoms with E-state index in [-0.39, 0.29) is 22.4 Å². The fourth-order valence-electron chi connectivity index (χ4n) is 1.71. The summed E-state index contributed by atoms with van der Waals surface area (Å²) >= 11 is 0. The van der Waals surface area contributed by atoms with E-state index in [1.54, 1.807) is 0 Å². The Morgan fingerprint density at radius 3 is 2.38 bits per heavy atom. The highest BCUT2D eigenvalue weighted by Gasteiger charge is 2.18. The molecule has 0 N–H and O–H groups in total. The van der Waals surface area contributed by atoms with E-state index in [2.05, 4.69) is 0 Å². The molecule has 0 saturated carbocycles. The molecule has 0 fully saturated rings. The lowest BCUT2D eigenvalue weighted by atomic mass is 10.2. The zero-order chi connectivity index (χ0) is 12.0. The van der Waals surface area contributed by atoms with Gasteiger partial charge in [-0.2, -0.15) is 0 Å². The highest BCUT2D eigenvalue weighted by molar-refractivity contribution is 5.98. The first-order valence-electron chi connectivity index (χ1n) is 4.57. The molecule has 2 rings (SSSR count). The van der Waals surface area contributed by atoms with Crippen LogP contribution in [0.1, 0.15) is 17.4 Å². The third kappa shape index (κ3) is 1.31. The van der Waals surface area contributed by atoms with Crippen LogP contribution in [-0.2, 0) is 7.05 Å². The number of nitrogens with zero attached hydrogens (tertiary/aromatic N) is 1. The number of hydrogen-bond donors (Lipinski definition) is 0. The number of rotatable bonds is 1. The molecule has 0 radical (unpaired) electrons. The second-order valence-corrected chi connectivity index (χ2v) is 3.56. The Balaban J connectivity index is 2.92. The van der Waals surface area contributed by atoms with Crippen LogP contribution in [0.25, 0.3) is 10.9 Å². The van der Waals surface area contributed by atoms with Gasteiger partial charge in [0.1, 0.15) is 0 Å². The highest BCUT2D eigenvalue weighted by atomic mass is 19.2. The summed E-state index contributed by atoms with van der Waals surface area (Å²) in [6.45, 7) is 1.30. The smallest absolute Gasteiger partial charge is 0.195 e. The van der Waals surface area contributed by atoms with Gasteiger partial charge in [-0.3, -0.25) is 4.79 Å². The first-order chi connectivity index (χ1) is 7.43. The van der Waals surface area contributed by atoms with Crippen LogP contribution in [0.4, 0.5) is 13.2 Å². The van der Waals surface area contributed by atoms with Gasteiger partial charge in [0.2, 0.25) is 0 Å². The molecule has 0 aliphatic heterocycles. The molecule has 0 saturated heterocycles. The average Bonchev–Trinajstić information content (AvgIpc) is 2.54. The first kappa shape index (κ1) is 10.7. The van der Waals surface area contributed by atoms with Crippen molar-refractivity contribution in [1.82, 2.24) is 4.57 Å². The molecule has 0 unspecified atom stereocenters. The van der Waals surface area contributed by atoms with Crippen LogP contribution in [0.15, 0.2) is 12.1 Å². The van der Waals surface area contributed by atoms with Crippen molar-refractivity contribution in [3.8, 4) is 0 Å². The Kier molecular flexibility index (Phi) is 2.26. The molecule has 84 valence electrons. The number of fused-ring (bicyclic) bond motifs is 1. The molecule has 2 nitrogen and oxygen atoms in total. The van der Waals surface area contributed by atoms with E-state index in [4.69, 9.17) is 0 Å². The first-order valence-corrected chi connectivity index (χ1v) is 4.57. The summed E-state index contributed by atoms with van der Waals surface area (Å²) in [6.07, 6.45) is 0. The van der Waals surface area contributed by atoms with E-state index in [0.717, 1.165) is 6.07 Å².